The number of nitrogens with zero attached hydrogens (tertiary/aromatic N) is 5. The molecule has 1 amide bonds. The Hall–Kier alpha value is -2.18. The van der Waals surface area contributed by atoms with E-state index in [1.807, 2.05) is 28.8 Å². The number of carbonyl (C=O) groups excluding carboxylic acids is 1. The molecule has 2 aromatic rings. The van der Waals surface area contributed by atoms with Crippen LogP contribution >= 0.6 is 0 Å². The van der Waals surface area contributed by atoms with Crippen molar-refractivity contribution in [1.29, 1.82) is 0 Å². The minimum Gasteiger partial charge on any atom is -0.361 e. The maximum absolute atomic E-state index is 12.7. The number of likely N-dealkylation sites (tertiary alicyclic amines) is 1. The molecule has 3 heterocycles. The van der Waals surface area contributed by atoms with Gasteiger partial charge in [-0.2, -0.15) is 0 Å². The summed E-state index contributed by atoms with van der Waals surface area (Å²) < 4.78 is 7.02. The first-order chi connectivity index (χ1) is 13.2. The van der Waals surface area contributed by atoms with Gasteiger partial charge in [-0.05, 0) is 26.2 Å². The van der Waals surface area contributed by atoms with E-state index >= 15 is 0 Å². The molecular weight excluding hydrogens is 342 g/mol. The summed E-state index contributed by atoms with van der Waals surface area (Å²) in [6.07, 6.45) is 10.9. The van der Waals surface area contributed by atoms with Gasteiger partial charge in [-0.3, -0.25) is 9.48 Å². The highest BCUT2D eigenvalue weighted by Gasteiger charge is 2.29. The summed E-state index contributed by atoms with van der Waals surface area (Å²) >= 11 is 0. The summed E-state index contributed by atoms with van der Waals surface area (Å²) in [5.41, 5.74) is 1.84. The zero-order valence-corrected chi connectivity index (χ0v) is 16.6. The monoisotopic (exact) mass is 373 g/mol. The highest BCUT2D eigenvalue weighted by Crippen LogP contribution is 2.22. The molecule has 0 saturated carbocycles. The van der Waals surface area contributed by atoms with E-state index in [1.54, 1.807) is 0 Å². The van der Waals surface area contributed by atoms with Crippen LogP contribution in [0.25, 0.3) is 0 Å². The molecule has 7 heteroatoms. The lowest BCUT2D eigenvalue weighted by Crippen LogP contribution is -2.37. The molecule has 2 aromatic heterocycles. The topological polar surface area (TPSA) is 77.0 Å². The first-order valence-corrected chi connectivity index (χ1v) is 10.3. The molecular formula is C20H31N5O2. The molecule has 1 unspecified atom stereocenters. The van der Waals surface area contributed by atoms with Crippen molar-refractivity contribution in [3.05, 3.63) is 29.4 Å². The summed E-state index contributed by atoms with van der Waals surface area (Å²) in [6, 6.07) is 2.13. The molecule has 7 nitrogen and oxygen atoms in total. The van der Waals surface area contributed by atoms with Crippen LogP contribution in [0.3, 0.4) is 0 Å². The van der Waals surface area contributed by atoms with Crippen LogP contribution < -0.4 is 0 Å². The van der Waals surface area contributed by atoms with Gasteiger partial charge in [0.2, 0.25) is 5.91 Å². The number of rotatable bonds is 10. The molecule has 0 bridgehead atoms. The molecule has 1 aliphatic heterocycles. The van der Waals surface area contributed by atoms with Gasteiger partial charge in [0.1, 0.15) is 5.76 Å². The second-order valence-electron chi connectivity index (χ2n) is 7.55. The second-order valence-corrected chi connectivity index (χ2v) is 7.55. The zero-order chi connectivity index (χ0) is 19.1. The van der Waals surface area contributed by atoms with Crippen LogP contribution in [0.1, 0.15) is 69.0 Å². The lowest BCUT2D eigenvalue weighted by atomic mass is 10.1. The lowest BCUT2D eigenvalue weighted by molar-refractivity contribution is -0.131. The molecule has 0 aliphatic carbocycles. The predicted octanol–water partition coefficient (Wildman–Crippen LogP) is 3.32. The van der Waals surface area contributed by atoms with Gasteiger partial charge in [0, 0.05) is 50.7 Å². The van der Waals surface area contributed by atoms with Crippen LogP contribution in [-0.2, 0) is 24.2 Å². The van der Waals surface area contributed by atoms with Crippen LogP contribution in [0.5, 0.6) is 0 Å². The van der Waals surface area contributed by atoms with E-state index in [9.17, 15) is 4.79 Å². The largest absolute Gasteiger partial charge is 0.361 e. The molecule has 0 N–H and O–H groups in total. The number of aromatic nitrogens is 4. The summed E-state index contributed by atoms with van der Waals surface area (Å²) in [7, 11) is 0. The first-order valence-electron chi connectivity index (χ1n) is 10.3. The third-order valence-corrected chi connectivity index (χ3v) is 5.24. The zero-order valence-electron chi connectivity index (χ0n) is 16.6. The van der Waals surface area contributed by atoms with Crippen molar-refractivity contribution < 1.29 is 9.32 Å². The van der Waals surface area contributed by atoms with Gasteiger partial charge >= 0.3 is 0 Å². The Balaban J connectivity index is 1.47. The van der Waals surface area contributed by atoms with E-state index in [-0.39, 0.29) is 11.9 Å². The van der Waals surface area contributed by atoms with Crippen LogP contribution in [-0.4, -0.2) is 43.5 Å². The molecule has 148 valence electrons. The summed E-state index contributed by atoms with van der Waals surface area (Å²) in [6.45, 7) is 5.85. The average molecular weight is 374 g/mol. The van der Waals surface area contributed by atoms with Crippen molar-refractivity contribution >= 4 is 5.91 Å². The fourth-order valence-electron chi connectivity index (χ4n) is 3.77. The van der Waals surface area contributed by atoms with Gasteiger partial charge in [0.25, 0.3) is 0 Å². The van der Waals surface area contributed by atoms with Crippen molar-refractivity contribution in [3.63, 3.8) is 0 Å². The molecule has 0 spiro atoms. The third-order valence-electron chi connectivity index (χ3n) is 5.24. The molecule has 0 aromatic carbocycles. The number of aryl methyl sites for hydroxylation is 3. The molecule has 3 rings (SSSR count). The van der Waals surface area contributed by atoms with E-state index < -0.39 is 0 Å². The Kier molecular flexibility index (Phi) is 7.01. The molecule has 0 radical (unpaired) electrons. The standard InChI is InChI=1S/C20H31N5O2/c1-3-4-5-6-11-24-15-18(21-23-24)14-19-8-7-12-25(19)20(26)10-9-17-13-16(2)27-22-17/h13,15,19H,3-12,14H2,1-2H3. The first kappa shape index (κ1) is 19.6. The van der Waals surface area contributed by atoms with Crippen LogP contribution in [0, 0.1) is 6.92 Å². The highest BCUT2D eigenvalue weighted by molar-refractivity contribution is 5.77. The molecule has 1 atom stereocenters. The number of hydrogen-bond acceptors (Lipinski definition) is 5. The quantitative estimate of drug-likeness (QED) is 0.597. The maximum atomic E-state index is 12.7. The molecule has 1 fully saturated rings. The van der Waals surface area contributed by atoms with E-state index in [0.29, 0.717) is 12.8 Å². The van der Waals surface area contributed by atoms with Crippen LogP contribution in [0.2, 0.25) is 0 Å². The third kappa shape index (κ3) is 5.65. The van der Waals surface area contributed by atoms with Gasteiger partial charge in [-0.25, -0.2) is 0 Å². The Bertz CT molecular complexity index is 724. The smallest absolute Gasteiger partial charge is 0.223 e. The van der Waals surface area contributed by atoms with Crippen LogP contribution in [0.4, 0.5) is 0 Å². The van der Waals surface area contributed by atoms with Crippen molar-refractivity contribution in [1.82, 2.24) is 25.1 Å². The van der Waals surface area contributed by atoms with Crippen molar-refractivity contribution in [2.24, 2.45) is 0 Å². The molecule has 27 heavy (non-hydrogen) atoms. The fourth-order valence-corrected chi connectivity index (χ4v) is 3.77. The predicted molar refractivity (Wildman–Crippen MR) is 102 cm³/mol. The minimum atomic E-state index is 0.199. The van der Waals surface area contributed by atoms with Gasteiger partial charge in [-0.1, -0.05) is 36.6 Å². The summed E-state index contributed by atoms with van der Waals surface area (Å²) in [4.78, 5) is 14.7. The Labute approximate surface area is 161 Å². The van der Waals surface area contributed by atoms with Crippen LogP contribution in [0.15, 0.2) is 16.8 Å². The number of amides is 1. The van der Waals surface area contributed by atoms with Crippen molar-refractivity contribution in [2.75, 3.05) is 6.54 Å². The Morgan fingerprint density at radius 2 is 2.19 bits per heavy atom. The van der Waals surface area contributed by atoms with Gasteiger partial charge in [0.15, 0.2) is 0 Å². The average Bonchev–Trinajstić information content (AvgIpc) is 3.39. The maximum Gasteiger partial charge on any atom is 0.223 e. The molecule has 1 aliphatic rings. The number of unbranched alkanes of at least 4 members (excludes halogenated alkanes) is 3. The van der Waals surface area contributed by atoms with E-state index in [2.05, 4.69) is 22.4 Å². The van der Waals surface area contributed by atoms with E-state index in [1.165, 1.54) is 19.3 Å². The van der Waals surface area contributed by atoms with E-state index in [4.69, 9.17) is 4.52 Å². The Morgan fingerprint density at radius 3 is 2.96 bits per heavy atom. The fraction of sp³-hybridized carbons (Fsp3) is 0.700. The van der Waals surface area contributed by atoms with Gasteiger partial charge < -0.3 is 9.42 Å². The Morgan fingerprint density at radius 1 is 1.30 bits per heavy atom. The summed E-state index contributed by atoms with van der Waals surface area (Å²) in [5.74, 6) is 0.986. The van der Waals surface area contributed by atoms with E-state index in [0.717, 1.165) is 55.9 Å². The molecule has 1 saturated heterocycles. The van der Waals surface area contributed by atoms with Gasteiger partial charge in [0.05, 0.1) is 11.4 Å². The number of hydrogen-bond donors (Lipinski definition) is 0. The van der Waals surface area contributed by atoms with Crippen molar-refractivity contribution in [3.8, 4) is 0 Å². The SMILES string of the molecule is CCCCCCn1cc(CC2CCCN2C(=O)CCc2cc(C)on2)nn1. The second kappa shape index (κ2) is 9.67. The highest BCUT2D eigenvalue weighted by atomic mass is 16.5. The minimum absolute atomic E-state index is 0.199. The summed E-state index contributed by atoms with van der Waals surface area (Å²) in [5, 5.41) is 12.5. The van der Waals surface area contributed by atoms with Crippen molar-refractivity contribution in [2.45, 2.75) is 84.2 Å². The number of carbonyl (C=O) groups is 1. The lowest BCUT2D eigenvalue weighted by Gasteiger charge is -2.24. The normalized spacial score (nSPS) is 17.0. The van der Waals surface area contributed by atoms with Gasteiger partial charge in [-0.15, -0.1) is 5.10 Å².